The van der Waals surface area contributed by atoms with E-state index in [1.165, 1.54) is 0 Å². The lowest BCUT2D eigenvalue weighted by Crippen LogP contribution is -2.42. The minimum atomic E-state index is 0.0339. The van der Waals surface area contributed by atoms with Crippen molar-refractivity contribution in [1.82, 2.24) is 15.5 Å². The molecule has 1 fully saturated rings. The van der Waals surface area contributed by atoms with E-state index in [9.17, 15) is 4.79 Å². The van der Waals surface area contributed by atoms with Crippen LogP contribution in [0.1, 0.15) is 20.3 Å². The van der Waals surface area contributed by atoms with E-state index < -0.39 is 0 Å². The number of nitrogens with one attached hydrogen (secondary N) is 2. The van der Waals surface area contributed by atoms with Gasteiger partial charge >= 0.3 is 0 Å². The summed E-state index contributed by atoms with van der Waals surface area (Å²) < 4.78 is 5.48. The second-order valence-corrected chi connectivity index (χ2v) is 4.83. The smallest absolute Gasteiger partial charge is 0.222 e. The van der Waals surface area contributed by atoms with E-state index in [-0.39, 0.29) is 12.0 Å². The summed E-state index contributed by atoms with van der Waals surface area (Å²) in [6, 6.07) is 0.512. The van der Waals surface area contributed by atoms with Crippen molar-refractivity contribution >= 4 is 5.91 Å². The third kappa shape index (κ3) is 6.00. The van der Waals surface area contributed by atoms with Crippen molar-refractivity contribution < 1.29 is 9.53 Å². The molecule has 100 valence electrons. The fourth-order valence-electron chi connectivity index (χ4n) is 1.66. The lowest BCUT2D eigenvalue weighted by atomic mass is 10.2. The number of rotatable bonds is 6. The molecule has 0 aromatic carbocycles. The van der Waals surface area contributed by atoms with Gasteiger partial charge in [-0.25, -0.2) is 0 Å². The normalized spacial score (nSPS) is 20.9. The molecule has 1 saturated heterocycles. The van der Waals surface area contributed by atoms with E-state index in [1.54, 1.807) is 0 Å². The topological polar surface area (TPSA) is 53.6 Å². The largest absolute Gasteiger partial charge is 0.375 e. The maximum Gasteiger partial charge on any atom is 0.222 e. The number of hydrogen-bond acceptors (Lipinski definition) is 4. The van der Waals surface area contributed by atoms with Crippen LogP contribution < -0.4 is 10.6 Å². The number of hydrogen-bond donors (Lipinski definition) is 2. The molecule has 0 spiro atoms. The standard InChI is InChI=1S/C12H25N3O2/c1-10(2)15(3)6-4-14-12(16)8-11-9-13-5-7-17-11/h10-11,13H,4-9H2,1-3H3,(H,14,16). The van der Waals surface area contributed by atoms with E-state index in [1.807, 2.05) is 0 Å². The van der Waals surface area contributed by atoms with Crippen molar-refractivity contribution in [2.24, 2.45) is 0 Å². The van der Waals surface area contributed by atoms with Crippen LogP contribution in [-0.4, -0.2) is 62.8 Å². The highest BCUT2D eigenvalue weighted by molar-refractivity contribution is 5.76. The third-order valence-electron chi connectivity index (χ3n) is 3.09. The fourth-order valence-corrected chi connectivity index (χ4v) is 1.66. The second-order valence-electron chi connectivity index (χ2n) is 4.83. The second kappa shape index (κ2) is 7.63. The monoisotopic (exact) mass is 243 g/mol. The van der Waals surface area contributed by atoms with Crippen molar-refractivity contribution in [3.05, 3.63) is 0 Å². The third-order valence-corrected chi connectivity index (χ3v) is 3.09. The number of morpholine rings is 1. The Balaban J connectivity index is 2.08. The first-order valence-electron chi connectivity index (χ1n) is 6.39. The minimum Gasteiger partial charge on any atom is -0.375 e. The van der Waals surface area contributed by atoms with Gasteiger partial charge in [0.2, 0.25) is 5.91 Å². The van der Waals surface area contributed by atoms with Gasteiger partial charge < -0.3 is 20.3 Å². The maximum absolute atomic E-state index is 11.6. The molecule has 0 aliphatic carbocycles. The summed E-state index contributed by atoms with van der Waals surface area (Å²) >= 11 is 0. The van der Waals surface area contributed by atoms with Crippen molar-refractivity contribution in [1.29, 1.82) is 0 Å². The average Bonchev–Trinajstić information content (AvgIpc) is 2.30. The molecule has 1 amide bonds. The highest BCUT2D eigenvalue weighted by atomic mass is 16.5. The Labute approximate surface area is 104 Å². The zero-order valence-electron chi connectivity index (χ0n) is 11.2. The van der Waals surface area contributed by atoms with Gasteiger partial charge in [0.05, 0.1) is 19.1 Å². The first-order valence-corrected chi connectivity index (χ1v) is 6.39. The summed E-state index contributed by atoms with van der Waals surface area (Å²) in [5.41, 5.74) is 0. The van der Waals surface area contributed by atoms with Crippen LogP contribution in [0.5, 0.6) is 0 Å². The molecule has 17 heavy (non-hydrogen) atoms. The number of likely N-dealkylation sites (N-methyl/N-ethyl adjacent to an activating group) is 1. The Bertz CT molecular complexity index is 228. The summed E-state index contributed by atoms with van der Waals surface area (Å²) in [5.74, 6) is 0.0795. The first kappa shape index (κ1) is 14.4. The highest BCUT2D eigenvalue weighted by Crippen LogP contribution is 2.00. The lowest BCUT2D eigenvalue weighted by molar-refractivity contribution is -0.124. The summed E-state index contributed by atoms with van der Waals surface area (Å²) in [6.07, 6.45) is 0.491. The predicted octanol–water partition coefficient (Wildman–Crippen LogP) is -0.179. The summed E-state index contributed by atoms with van der Waals surface area (Å²) in [6.45, 7) is 8.23. The van der Waals surface area contributed by atoms with E-state index >= 15 is 0 Å². The van der Waals surface area contributed by atoms with E-state index in [0.29, 0.717) is 25.6 Å². The van der Waals surface area contributed by atoms with Gasteiger partial charge in [0.15, 0.2) is 0 Å². The molecule has 1 rings (SSSR count). The minimum absolute atomic E-state index is 0.0339. The number of carbonyl (C=O) groups excluding carboxylic acids is 1. The van der Waals surface area contributed by atoms with Crippen molar-refractivity contribution in [2.75, 3.05) is 39.8 Å². The van der Waals surface area contributed by atoms with Crippen LogP contribution in [0.2, 0.25) is 0 Å². The SMILES string of the molecule is CC(C)N(C)CCNC(=O)CC1CNCCO1. The molecule has 0 bridgehead atoms. The van der Waals surface area contributed by atoms with Crippen LogP contribution in [-0.2, 0) is 9.53 Å². The average molecular weight is 243 g/mol. The van der Waals surface area contributed by atoms with Crippen LogP contribution in [0.15, 0.2) is 0 Å². The molecular formula is C12H25N3O2. The van der Waals surface area contributed by atoms with Crippen molar-refractivity contribution in [3.63, 3.8) is 0 Å². The molecule has 1 atom stereocenters. The van der Waals surface area contributed by atoms with E-state index in [4.69, 9.17) is 4.74 Å². The Morgan fingerprint density at radius 3 is 2.94 bits per heavy atom. The van der Waals surface area contributed by atoms with Crippen LogP contribution in [0.4, 0.5) is 0 Å². The van der Waals surface area contributed by atoms with Crippen molar-refractivity contribution in [3.8, 4) is 0 Å². The molecule has 0 aromatic heterocycles. The Kier molecular flexibility index (Phi) is 6.47. The van der Waals surface area contributed by atoms with E-state index in [2.05, 4.69) is 36.4 Å². The van der Waals surface area contributed by atoms with Gasteiger partial charge in [0.25, 0.3) is 0 Å². The van der Waals surface area contributed by atoms with E-state index in [0.717, 1.165) is 19.6 Å². The number of nitrogens with zero attached hydrogens (tertiary/aromatic N) is 1. The van der Waals surface area contributed by atoms with Gasteiger partial charge in [-0.15, -0.1) is 0 Å². The Morgan fingerprint density at radius 2 is 2.35 bits per heavy atom. The van der Waals surface area contributed by atoms with Gasteiger partial charge in [-0.05, 0) is 20.9 Å². The molecule has 1 aliphatic rings. The number of ether oxygens (including phenoxy) is 1. The first-order chi connectivity index (χ1) is 8.09. The molecular weight excluding hydrogens is 218 g/mol. The molecule has 1 heterocycles. The van der Waals surface area contributed by atoms with Crippen LogP contribution in [0.25, 0.3) is 0 Å². The number of amides is 1. The lowest BCUT2D eigenvalue weighted by Gasteiger charge is -2.24. The van der Waals surface area contributed by atoms with Crippen LogP contribution in [0, 0.1) is 0 Å². The zero-order valence-corrected chi connectivity index (χ0v) is 11.2. The molecule has 5 nitrogen and oxygen atoms in total. The molecule has 1 unspecified atom stereocenters. The molecule has 0 aromatic rings. The quantitative estimate of drug-likeness (QED) is 0.679. The highest BCUT2D eigenvalue weighted by Gasteiger charge is 2.16. The molecule has 1 aliphatic heterocycles. The van der Waals surface area contributed by atoms with Gasteiger partial charge in [0.1, 0.15) is 0 Å². The van der Waals surface area contributed by atoms with Gasteiger partial charge in [-0.2, -0.15) is 0 Å². The fraction of sp³-hybridized carbons (Fsp3) is 0.917. The van der Waals surface area contributed by atoms with Crippen LogP contribution in [0.3, 0.4) is 0 Å². The van der Waals surface area contributed by atoms with Gasteiger partial charge in [-0.3, -0.25) is 4.79 Å². The molecule has 0 saturated carbocycles. The summed E-state index contributed by atoms with van der Waals surface area (Å²) in [5, 5.41) is 6.14. The summed E-state index contributed by atoms with van der Waals surface area (Å²) in [4.78, 5) is 13.8. The summed E-state index contributed by atoms with van der Waals surface area (Å²) in [7, 11) is 2.06. The number of carbonyl (C=O) groups is 1. The van der Waals surface area contributed by atoms with Gasteiger partial charge in [-0.1, -0.05) is 0 Å². The zero-order chi connectivity index (χ0) is 12.7. The maximum atomic E-state index is 11.6. The predicted molar refractivity (Wildman–Crippen MR) is 68.0 cm³/mol. The Hall–Kier alpha value is -0.650. The Morgan fingerprint density at radius 1 is 1.59 bits per heavy atom. The van der Waals surface area contributed by atoms with Crippen molar-refractivity contribution in [2.45, 2.75) is 32.4 Å². The molecule has 2 N–H and O–H groups in total. The molecule has 0 radical (unpaired) electrons. The van der Waals surface area contributed by atoms with Crippen LogP contribution >= 0.6 is 0 Å². The molecule has 5 heteroatoms. The van der Waals surface area contributed by atoms with Gasteiger partial charge in [0, 0.05) is 32.2 Å².